The lowest BCUT2D eigenvalue weighted by Gasteiger charge is -2.10. The Kier molecular flexibility index (Phi) is 4.44. The molecule has 0 atom stereocenters. The first-order valence-electron chi connectivity index (χ1n) is 10.3. The van der Waals surface area contributed by atoms with Crippen molar-refractivity contribution in [2.24, 2.45) is 0 Å². The Morgan fingerprint density at radius 2 is 1.28 bits per heavy atom. The van der Waals surface area contributed by atoms with E-state index in [4.69, 9.17) is 11.6 Å². The number of pyridine rings is 3. The van der Waals surface area contributed by atoms with Gasteiger partial charge in [0.1, 0.15) is 11.0 Å². The highest BCUT2D eigenvalue weighted by molar-refractivity contribution is 6.29. The summed E-state index contributed by atoms with van der Waals surface area (Å²) in [6.45, 7) is 0. The van der Waals surface area contributed by atoms with Crippen molar-refractivity contribution in [3.63, 3.8) is 0 Å². The van der Waals surface area contributed by atoms with Crippen LogP contribution in [0.1, 0.15) is 0 Å². The molecule has 0 aliphatic heterocycles. The predicted octanol–water partition coefficient (Wildman–Crippen LogP) is 6.96. The number of halogens is 1. The Labute approximate surface area is 189 Å². The van der Waals surface area contributed by atoms with E-state index in [-0.39, 0.29) is 0 Å². The molecule has 32 heavy (non-hydrogen) atoms. The van der Waals surface area contributed by atoms with Crippen molar-refractivity contribution in [2.75, 3.05) is 0 Å². The molecule has 6 rings (SSSR count). The monoisotopic (exact) mass is 432 g/mol. The molecule has 0 N–H and O–H groups in total. The molecule has 0 bridgehead atoms. The summed E-state index contributed by atoms with van der Waals surface area (Å²) in [5.74, 6) is 0.752. The second-order valence-corrected chi connectivity index (χ2v) is 7.94. The number of hydrogen-bond acceptors (Lipinski definition) is 3. The first kappa shape index (κ1) is 18.7. The summed E-state index contributed by atoms with van der Waals surface area (Å²) in [5, 5.41) is 2.74. The number of hydrogen-bond donors (Lipinski definition) is 0. The molecule has 6 aromatic rings. The normalized spacial score (nSPS) is 11.3. The summed E-state index contributed by atoms with van der Waals surface area (Å²) < 4.78 is 2.16. The molecule has 0 aliphatic rings. The Bertz CT molecular complexity index is 1570. The summed E-state index contributed by atoms with van der Waals surface area (Å²) in [7, 11) is 0. The second kappa shape index (κ2) is 7.59. The minimum Gasteiger partial charge on any atom is -0.294 e. The molecule has 0 radical (unpaired) electrons. The van der Waals surface area contributed by atoms with Gasteiger partial charge in [0.2, 0.25) is 0 Å². The second-order valence-electron chi connectivity index (χ2n) is 7.55. The van der Waals surface area contributed by atoms with E-state index in [1.54, 1.807) is 6.20 Å². The zero-order valence-electron chi connectivity index (χ0n) is 17.0. The van der Waals surface area contributed by atoms with Crippen molar-refractivity contribution in [2.45, 2.75) is 0 Å². The Hall–Kier alpha value is -4.02. The van der Waals surface area contributed by atoms with Crippen molar-refractivity contribution in [1.29, 1.82) is 0 Å². The molecule has 2 aromatic carbocycles. The minimum absolute atomic E-state index is 0.426. The van der Waals surface area contributed by atoms with Gasteiger partial charge in [-0.2, -0.15) is 0 Å². The minimum atomic E-state index is 0.426. The van der Waals surface area contributed by atoms with Crippen molar-refractivity contribution in [3.05, 3.63) is 109 Å². The van der Waals surface area contributed by atoms with Gasteiger partial charge in [0, 0.05) is 34.3 Å². The highest BCUT2D eigenvalue weighted by atomic mass is 35.5. The summed E-state index contributed by atoms with van der Waals surface area (Å²) in [6.07, 6.45) is 3.59. The van der Waals surface area contributed by atoms with Gasteiger partial charge in [-0.3, -0.25) is 14.5 Å². The summed E-state index contributed by atoms with van der Waals surface area (Å²) in [6, 6.07) is 30.5. The molecule has 4 heterocycles. The lowest BCUT2D eigenvalue weighted by Crippen LogP contribution is -1.99. The maximum absolute atomic E-state index is 6.48. The first-order valence-corrected chi connectivity index (χ1v) is 10.7. The van der Waals surface area contributed by atoms with Crippen LogP contribution in [0.4, 0.5) is 0 Å². The number of fused-ring (bicyclic) bond motifs is 3. The van der Waals surface area contributed by atoms with Crippen LogP contribution in [0.25, 0.3) is 50.1 Å². The van der Waals surface area contributed by atoms with Crippen LogP contribution >= 0.6 is 11.6 Å². The van der Waals surface area contributed by atoms with E-state index in [0.717, 1.165) is 50.1 Å². The van der Waals surface area contributed by atoms with Crippen LogP contribution in [0.15, 0.2) is 103 Å². The summed E-state index contributed by atoms with van der Waals surface area (Å²) in [4.78, 5) is 13.7. The van der Waals surface area contributed by atoms with Crippen LogP contribution in [0.5, 0.6) is 0 Å². The molecule has 0 saturated carbocycles. The first-order chi connectivity index (χ1) is 15.8. The van der Waals surface area contributed by atoms with Gasteiger partial charge in [0.05, 0.1) is 22.4 Å². The fraction of sp³-hybridized carbons (Fsp3) is 0. The third-order valence-corrected chi connectivity index (χ3v) is 5.80. The molecule has 0 unspecified atom stereocenters. The topological polar surface area (TPSA) is 43.6 Å². The highest BCUT2D eigenvalue weighted by Gasteiger charge is 2.15. The lowest BCUT2D eigenvalue weighted by atomic mass is 10.1. The Balaban J connectivity index is 1.65. The Morgan fingerprint density at radius 1 is 0.594 bits per heavy atom. The Morgan fingerprint density at radius 3 is 2.03 bits per heavy atom. The molecular weight excluding hydrogens is 416 g/mol. The average Bonchev–Trinajstić information content (AvgIpc) is 3.18. The van der Waals surface area contributed by atoms with Crippen molar-refractivity contribution in [3.8, 4) is 28.3 Å². The lowest BCUT2D eigenvalue weighted by molar-refractivity contribution is 1.08. The average molecular weight is 433 g/mol. The molecular formula is C27H17ClN4. The van der Waals surface area contributed by atoms with Crippen molar-refractivity contribution in [1.82, 2.24) is 19.5 Å². The van der Waals surface area contributed by atoms with Crippen LogP contribution in [-0.4, -0.2) is 19.5 Å². The number of rotatable bonds is 3. The summed E-state index contributed by atoms with van der Waals surface area (Å²) >= 11 is 6.48. The zero-order chi connectivity index (χ0) is 21.5. The van der Waals surface area contributed by atoms with Gasteiger partial charge in [-0.15, -0.1) is 0 Å². The smallest absolute Gasteiger partial charge is 0.140 e. The van der Waals surface area contributed by atoms with Gasteiger partial charge < -0.3 is 0 Å². The standard InChI is InChI=1S/C27H17ClN4/c28-26-16-19(23-9-4-6-14-30-23)17-27(31-26)32-24-10-2-1-7-20(24)21-12-11-18(15-25(21)32)22-8-3-5-13-29-22/h1-17H. The van der Waals surface area contributed by atoms with E-state index in [1.807, 2.05) is 60.8 Å². The molecule has 5 heteroatoms. The van der Waals surface area contributed by atoms with Crippen LogP contribution in [0.2, 0.25) is 5.15 Å². The van der Waals surface area contributed by atoms with Crippen molar-refractivity contribution >= 4 is 33.4 Å². The maximum atomic E-state index is 6.48. The van der Waals surface area contributed by atoms with Crippen LogP contribution in [-0.2, 0) is 0 Å². The van der Waals surface area contributed by atoms with E-state index in [2.05, 4.69) is 55.9 Å². The fourth-order valence-corrected chi connectivity index (χ4v) is 4.39. The van der Waals surface area contributed by atoms with E-state index in [9.17, 15) is 0 Å². The maximum Gasteiger partial charge on any atom is 0.140 e. The van der Waals surface area contributed by atoms with Crippen LogP contribution in [0, 0.1) is 0 Å². The third kappa shape index (κ3) is 3.13. The molecule has 0 spiro atoms. The quantitative estimate of drug-likeness (QED) is 0.284. The number of para-hydroxylation sites is 1. The zero-order valence-corrected chi connectivity index (χ0v) is 17.7. The molecule has 152 valence electrons. The van der Waals surface area contributed by atoms with E-state index in [0.29, 0.717) is 5.15 Å². The van der Waals surface area contributed by atoms with Gasteiger partial charge in [-0.1, -0.05) is 54.1 Å². The fourth-order valence-electron chi connectivity index (χ4n) is 4.19. The van der Waals surface area contributed by atoms with E-state index >= 15 is 0 Å². The largest absolute Gasteiger partial charge is 0.294 e. The van der Waals surface area contributed by atoms with Gasteiger partial charge in [-0.25, -0.2) is 4.98 Å². The molecule has 4 nitrogen and oxygen atoms in total. The number of benzene rings is 2. The van der Waals surface area contributed by atoms with Gasteiger partial charge in [0.25, 0.3) is 0 Å². The number of nitrogens with zero attached hydrogens (tertiary/aromatic N) is 4. The molecule has 0 amide bonds. The molecule has 0 saturated heterocycles. The van der Waals surface area contributed by atoms with Crippen molar-refractivity contribution < 1.29 is 0 Å². The SMILES string of the molecule is Clc1cc(-c2ccccn2)cc(-n2c3ccccc3c3ccc(-c4ccccn4)cc32)n1. The van der Waals surface area contributed by atoms with E-state index < -0.39 is 0 Å². The predicted molar refractivity (Wildman–Crippen MR) is 130 cm³/mol. The van der Waals surface area contributed by atoms with Gasteiger partial charge in [0.15, 0.2) is 0 Å². The van der Waals surface area contributed by atoms with Crippen LogP contribution < -0.4 is 0 Å². The number of aromatic nitrogens is 4. The van der Waals surface area contributed by atoms with E-state index in [1.165, 1.54) is 0 Å². The molecule has 4 aromatic heterocycles. The molecule has 0 aliphatic carbocycles. The third-order valence-electron chi connectivity index (χ3n) is 5.60. The highest BCUT2D eigenvalue weighted by Crippen LogP contribution is 2.35. The van der Waals surface area contributed by atoms with Crippen LogP contribution in [0.3, 0.4) is 0 Å². The van der Waals surface area contributed by atoms with Gasteiger partial charge >= 0.3 is 0 Å². The van der Waals surface area contributed by atoms with Gasteiger partial charge in [-0.05, 0) is 48.5 Å². The summed E-state index contributed by atoms with van der Waals surface area (Å²) in [5.41, 5.74) is 5.88. The molecule has 0 fully saturated rings.